The third-order valence-corrected chi connectivity index (χ3v) is 6.65. The van der Waals surface area contributed by atoms with Gasteiger partial charge in [-0.3, -0.25) is 9.80 Å². The summed E-state index contributed by atoms with van der Waals surface area (Å²) in [5.41, 5.74) is -0.0612. The smallest absolute Gasteiger partial charge is 0.308 e. The Labute approximate surface area is 185 Å². The summed E-state index contributed by atoms with van der Waals surface area (Å²) in [6.45, 7) is 1.10. The van der Waals surface area contributed by atoms with Gasteiger partial charge in [0, 0.05) is 19.3 Å². The second-order valence-corrected chi connectivity index (χ2v) is 9.17. The number of hydrogen-bond acceptors (Lipinski definition) is 8. The van der Waals surface area contributed by atoms with Crippen LogP contribution < -0.4 is 10.6 Å². The highest BCUT2D eigenvalue weighted by atomic mass is 32.2. The first kappa shape index (κ1) is 23.2. The second-order valence-electron chi connectivity index (χ2n) is 6.95. The monoisotopic (exact) mass is 468 g/mol. The van der Waals surface area contributed by atoms with Gasteiger partial charge in [0.1, 0.15) is 4.90 Å². The summed E-state index contributed by atoms with van der Waals surface area (Å²) in [7, 11) is 5.51. The third kappa shape index (κ3) is 5.41. The zero-order valence-electron chi connectivity index (χ0n) is 17.0. The van der Waals surface area contributed by atoms with E-state index >= 15 is 0 Å². The molecule has 3 rings (SSSR count). The average Bonchev–Trinajstić information content (AvgIpc) is 2.71. The van der Waals surface area contributed by atoms with Crippen molar-refractivity contribution in [3.05, 3.63) is 51.4 Å². The predicted molar refractivity (Wildman–Crippen MR) is 116 cm³/mol. The van der Waals surface area contributed by atoms with Gasteiger partial charge in [-0.1, -0.05) is 29.6 Å². The van der Waals surface area contributed by atoms with Crippen LogP contribution in [-0.4, -0.2) is 46.7 Å². The van der Waals surface area contributed by atoms with Crippen molar-refractivity contribution in [2.75, 3.05) is 32.7 Å². The summed E-state index contributed by atoms with van der Waals surface area (Å²) in [6, 6.07) is 4.94. The summed E-state index contributed by atoms with van der Waals surface area (Å²) >= 11 is 2.45. The Morgan fingerprint density at radius 2 is 2.06 bits per heavy atom. The van der Waals surface area contributed by atoms with Crippen LogP contribution in [0.15, 0.2) is 39.2 Å². The molecule has 0 saturated carbocycles. The first-order chi connectivity index (χ1) is 14.6. The van der Waals surface area contributed by atoms with E-state index in [1.807, 2.05) is 25.1 Å². The van der Waals surface area contributed by atoms with Crippen molar-refractivity contribution in [1.82, 2.24) is 14.7 Å². The molecule has 1 aromatic heterocycles. The number of hydrazone groups is 1. The number of nitriles is 1. The molecule has 0 spiro atoms. The maximum Gasteiger partial charge on any atom is 0.416 e. The first-order valence-corrected chi connectivity index (χ1v) is 10.9. The van der Waals surface area contributed by atoms with E-state index < -0.39 is 11.7 Å². The number of benzene rings is 1. The first-order valence-electron chi connectivity index (χ1n) is 9.08. The lowest BCUT2D eigenvalue weighted by atomic mass is 10.1. The van der Waals surface area contributed by atoms with Crippen molar-refractivity contribution in [2.24, 2.45) is 5.10 Å². The largest absolute Gasteiger partial charge is 0.416 e. The van der Waals surface area contributed by atoms with Crippen molar-refractivity contribution in [1.29, 1.82) is 5.26 Å². The van der Waals surface area contributed by atoms with Crippen LogP contribution in [0.2, 0.25) is 0 Å². The van der Waals surface area contributed by atoms with Crippen LogP contribution in [0.5, 0.6) is 0 Å². The highest BCUT2D eigenvalue weighted by Crippen LogP contribution is 2.37. The third-order valence-electron chi connectivity index (χ3n) is 4.42. The quantitative estimate of drug-likeness (QED) is 0.665. The SMILES string of the molecule is CN(C)CCn1ncc2c(c1=O)SC(SCc1ccc(C(F)(F)F)cc1C#N)=NN2C. The number of rotatable bonds is 5. The molecule has 2 aromatic rings. The molecule has 0 unspecified atom stereocenters. The van der Waals surface area contributed by atoms with E-state index in [1.54, 1.807) is 18.3 Å². The second kappa shape index (κ2) is 9.33. The minimum absolute atomic E-state index is 0.0345. The van der Waals surface area contributed by atoms with Crippen LogP contribution >= 0.6 is 23.5 Å². The Morgan fingerprint density at radius 1 is 1.32 bits per heavy atom. The molecular weight excluding hydrogens is 449 g/mol. The molecule has 1 aromatic carbocycles. The van der Waals surface area contributed by atoms with E-state index in [9.17, 15) is 23.2 Å². The lowest BCUT2D eigenvalue weighted by molar-refractivity contribution is -0.137. The number of halogens is 3. The molecule has 0 saturated heterocycles. The molecule has 31 heavy (non-hydrogen) atoms. The molecule has 164 valence electrons. The lowest BCUT2D eigenvalue weighted by Crippen LogP contribution is -2.32. The number of anilines is 1. The van der Waals surface area contributed by atoms with Crippen molar-refractivity contribution >= 4 is 33.6 Å². The van der Waals surface area contributed by atoms with E-state index in [1.165, 1.54) is 34.3 Å². The van der Waals surface area contributed by atoms with Crippen molar-refractivity contribution < 1.29 is 13.2 Å². The van der Waals surface area contributed by atoms with Gasteiger partial charge in [-0.25, -0.2) is 4.68 Å². The van der Waals surface area contributed by atoms with Crippen LogP contribution in [0.4, 0.5) is 18.9 Å². The molecule has 1 aliphatic heterocycles. The van der Waals surface area contributed by atoms with Crippen LogP contribution in [0.3, 0.4) is 0 Å². The summed E-state index contributed by atoms with van der Waals surface area (Å²) in [6.07, 6.45) is -2.92. The van der Waals surface area contributed by atoms with Crippen LogP contribution in [0.25, 0.3) is 0 Å². The standard InChI is InChI=1S/C19H19F3N6OS2/c1-26(2)6-7-28-17(29)16-15(10-24-28)27(3)25-18(31-16)30-11-12-4-5-14(19(20,21)22)8-13(12)9-23/h4-5,8,10H,6-7,11H2,1-3H3. The minimum Gasteiger partial charge on any atom is -0.308 e. The fraction of sp³-hybridized carbons (Fsp3) is 0.368. The molecule has 2 heterocycles. The van der Waals surface area contributed by atoms with E-state index in [4.69, 9.17) is 0 Å². The summed E-state index contributed by atoms with van der Waals surface area (Å²) in [5.74, 6) is 0.246. The molecule has 0 bridgehead atoms. The molecule has 12 heteroatoms. The average molecular weight is 469 g/mol. The van der Waals surface area contributed by atoms with Gasteiger partial charge in [0.25, 0.3) is 5.56 Å². The van der Waals surface area contributed by atoms with Gasteiger partial charge in [-0.2, -0.15) is 28.6 Å². The van der Waals surface area contributed by atoms with Crippen molar-refractivity contribution in [2.45, 2.75) is 23.4 Å². The lowest BCUT2D eigenvalue weighted by Gasteiger charge is -2.23. The van der Waals surface area contributed by atoms with Crippen molar-refractivity contribution in [3.63, 3.8) is 0 Å². The van der Waals surface area contributed by atoms with Gasteiger partial charge >= 0.3 is 6.18 Å². The fourth-order valence-corrected chi connectivity index (χ4v) is 4.90. The summed E-state index contributed by atoms with van der Waals surface area (Å²) in [5, 5.41) is 19.4. The Hall–Kier alpha value is -2.49. The predicted octanol–water partition coefficient (Wildman–Crippen LogP) is 3.44. The van der Waals surface area contributed by atoms with Crippen LogP contribution in [-0.2, 0) is 18.5 Å². The number of likely N-dealkylation sites (N-methyl/N-ethyl adjacent to an activating group) is 1. The minimum atomic E-state index is -4.51. The molecule has 7 nitrogen and oxygen atoms in total. The molecule has 1 aliphatic rings. The van der Waals surface area contributed by atoms with Gasteiger partial charge in [-0.15, -0.1) is 0 Å². The van der Waals surface area contributed by atoms with Crippen LogP contribution in [0, 0.1) is 11.3 Å². The highest BCUT2D eigenvalue weighted by Gasteiger charge is 2.31. The Bertz CT molecular complexity index is 1110. The number of nitrogens with zero attached hydrogens (tertiary/aromatic N) is 6. The molecular formula is C19H19F3N6OS2. The topological polar surface area (TPSA) is 77.5 Å². The zero-order chi connectivity index (χ0) is 22.8. The highest BCUT2D eigenvalue weighted by molar-refractivity contribution is 8.38. The number of fused-ring (bicyclic) bond motifs is 1. The summed E-state index contributed by atoms with van der Waals surface area (Å²) in [4.78, 5) is 15.3. The molecule has 0 aliphatic carbocycles. The zero-order valence-corrected chi connectivity index (χ0v) is 18.6. The Morgan fingerprint density at radius 3 is 2.71 bits per heavy atom. The fourth-order valence-electron chi connectivity index (χ4n) is 2.71. The maximum atomic E-state index is 12.9. The van der Waals surface area contributed by atoms with E-state index in [2.05, 4.69) is 10.2 Å². The van der Waals surface area contributed by atoms with Gasteiger partial charge in [0.05, 0.1) is 35.6 Å². The molecule has 0 fully saturated rings. The maximum absolute atomic E-state index is 12.9. The van der Waals surface area contributed by atoms with Crippen molar-refractivity contribution in [3.8, 4) is 6.07 Å². The van der Waals surface area contributed by atoms with Gasteiger partial charge < -0.3 is 4.90 Å². The molecule has 0 radical (unpaired) electrons. The molecule has 0 N–H and O–H groups in total. The van der Waals surface area contributed by atoms with Gasteiger partial charge in [0.2, 0.25) is 0 Å². The Kier molecular flexibility index (Phi) is 6.98. The number of hydrogen-bond donors (Lipinski definition) is 0. The van der Waals surface area contributed by atoms with Crippen LogP contribution in [0.1, 0.15) is 16.7 Å². The normalized spacial score (nSPS) is 13.7. The van der Waals surface area contributed by atoms with Gasteiger partial charge in [-0.05, 0) is 31.8 Å². The van der Waals surface area contributed by atoms with E-state index in [0.29, 0.717) is 33.6 Å². The number of aromatic nitrogens is 2. The summed E-state index contributed by atoms with van der Waals surface area (Å²) < 4.78 is 40.6. The Balaban J connectivity index is 1.78. The van der Waals surface area contributed by atoms with E-state index in [0.717, 1.165) is 12.1 Å². The van der Waals surface area contributed by atoms with Gasteiger partial charge in [0.15, 0.2) is 4.38 Å². The number of thioether (sulfide) groups is 2. The number of alkyl halides is 3. The molecule has 0 amide bonds. The van der Waals surface area contributed by atoms with E-state index in [-0.39, 0.29) is 16.9 Å². The molecule has 0 atom stereocenters.